The van der Waals surface area contributed by atoms with Gasteiger partial charge in [0.05, 0.1) is 31.6 Å². The predicted molar refractivity (Wildman–Crippen MR) is 207 cm³/mol. The Balaban J connectivity index is 1.34. The van der Waals surface area contributed by atoms with Crippen molar-refractivity contribution in [1.82, 2.24) is 5.32 Å². The fraction of sp³-hybridized carbons (Fsp3) is 0.300. The highest BCUT2D eigenvalue weighted by Crippen LogP contribution is 2.41. The number of thiophene rings is 1. The molecule has 0 aliphatic heterocycles. The van der Waals surface area contributed by atoms with Gasteiger partial charge in [-0.3, -0.25) is 14.4 Å². The quantitative estimate of drug-likeness (QED) is 0.0674. The summed E-state index contributed by atoms with van der Waals surface area (Å²) in [6, 6.07) is 20.9. The van der Waals surface area contributed by atoms with Crippen molar-refractivity contribution in [3.05, 3.63) is 106 Å². The Morgan fingerprint density at radius 1 is 0.942 bits per heavy atom. The topological polar surface area (TPSA) is 132 Å². The van der Waals surface area contributed by atoms with Gasteiger partial charge >= 0.3 is 5.97 Å². The molecule has 0 saturated heterocycles. The average Bonchev–Trinajstić information content (AvgIpc) is 3.50. The molecule has 2 unspecified atom stereocenters. The Kier molecular flexibility index (Phi) is 13.2. The molecule has 0 spiro atoms. The fourth-order valence-electron chi connectivity index (χ4n) is 5.83. The summed E-state index contributed by atoms with van der Waals surface area (Å²) in [6.07, 6.45) is 4.71. The first-order valence-electron chi connectivity index (χ1n) is 17.1. The van der Waals surface area contributed by atoms with E-state index in [1.807, 2.05) is 13.0 Å². The Labute approximate surface area is 312 Å². The largest absolute Gasteiger partial charge is 0.493 e. The van der Waals surface area contributed by atoms with Crippen molar-refractivity contribution >= 4 is 63.6 Å². The van der Waals surface area contributed by atoms with Gasteiger partial charge in [-0.15, -0.1) is 23.1 Å². The lowest BCUT2D eigenvalue weighted by molar-refractivity contribution is -0.116. The van der Waals surface area contributed by atoms with Crippen molar-refractivity contribution in [2.75, 3.05) is 31.5 Å². The summed E-state index contributed by atoms with van der Waals surface area (Å²) in [5, 5.41) is 8.75. The van der Waals surface area contributed by atoms with Crippen LogP contribution in [0.25, 0.3) is 6.08 Å². The lowest BCUT2D eigenvalue weighted by Crippen LogP contribution is -2.30. The standard InChI is InChI=1S/C40H43N3O7S2/c1-6-33(38(46)43-39-35(40(47)50-7-2)29-18-16-24(3)20-34(29)52-39)51-28-15-11-14-27(23-28)41-37(45)30(42-36(44)26-12-9-8-10-13-26)21-25-17-19-31(48-4)32(22-25)49-5/h8-15,17,19,21-24,33H,6-7,16,18,20H2,1-5H3,(H,41,45)(H,42,44)(H,43,46)/b30-21+. The molecule has 12 heteroatoms. The zero-order valence-corrected chi connectivity index (χ0v) is 31.5. The number of hydrogen-bond donors (Lipinski definition) is 3. The minimum Gasteiger partial charge on any atom is -0.493 e. The summed E-state index contributed by atoms with van der Waals surface area (Å²) in [6.45, 7) is 6.15. The Bertz CT molecular complexity index is 1960. The Morgan fingerprint density at radius 2 is 1.71 bits per heavy atom. The van der Waals surface area contributed by atoms with Crippen molar-refractivity contribution in [2.24, 2.45) is 5.92 Å². The maximum absolute atomic E-state index is 13.7. The molecule has 3 aromatic carbocycles. The van der Waals surface area contributed by atoms with Crippen LogP contribution in [-0.2, 0) is 27.2 Å². The fourth-order valence-corrected chi connectivity index (χ4v) is 8.25. The third-order valence-electron chi connectivity index (χ3n) is 8.51. The molecule has 3 amide bonds. The molecule has 3 N–H and O–H groups in total. The van der Waals surface area contributed by atoms with E-state index < -0.39 is 23.0 Å². The van der Waals surface area contributed by atoms with Crippen LogP contribution in [0.15, 0.2) is 83.4 Å². The Morgan fingerprint density at radius 3 is 2.42 bits per heavy atom. The number of methoxy groups -OCH3 is 2. The third kappa shape index (κ3) is 9.42. The normalized spacial score (nSPS) is 14.4. The van der Waals surface area contributed by atoms with Crippen molar-refractivity contribution in [1.29, 1.82) is 0 Å². The zero-order valence-electron chi connectivity index (χ0n) is 29.9. The summed E-state index contributed by atoms with van der Waals surface area (Å²) in [7, 11) is 3.05. The second-order valence-electron chi connectivity index (χ2n) is 12.3. The van der Waals surface area contributed by atoms with E-state index in [2.05, 4.69) is 22.9 Å². The van der Waals surface area contributed by atoms with Crippen molar-refractivity contribution in [3.63, 3.8) is 0 Å². The van der Waals surface area contributed by atoms with Crippen LogP contribution in [0.2, 0.25) is 0 Å². The van der Waals surface area contributed by atoms with E-state index in [-0.39, 0.29) is 18.2 Å². The van der Waals surface area contributed by atoms with Crippen LogP contribution in [0.3, 0.4) is 0 Å². The van der Waals surface area contributed by atoms with Gasteiger partial charge in [-0.05, 0) is 98.2 Å². The number of carbonyl (C=O) groups is 4. The number of fused-ring (bicyclic) bond motifs is 1. The lowest BCUT2D eigenvalue weighted by atomic mass is 9.88. The van der Waals surface area contributed by atoms with E-state index in [9.17, 15) is 19.2 Å². The summed E-state index contributed by atoms with van der Waals surface area (Å²) < 4.78 is 16.1. The van der Waals surface area contributed by atoms with Gasteiger partial charge in [0, 0.05) is 21.0 Å². The Hall–Kier alpha value is -5.07. The van der Waals surface area contributed by atoms with Gasteiger partial charge in [0.1, 0.15) is 10.7 Å². The highest BCUT2D eigenvalue weighted by atomic mass is 32.2. The van der Waals surface area contributed by atoms with Gasteiger partial charge in [-0.25, -0.2) is 4.79 Å². The van der Waals surface area contributed by atoms with Crippen molar-refractivity contribution in [2.45, 2.75) is 56.6 Å². The van der Waals surface area contributed by atoms with Gasteiger partial charge in [0.15, 0.2) is 11.5 Å². The van der Waals surface area contributed by atoms with Crippen molar-refractivity contribution in [3.8, 4) is 11.5 Å². The number of benzene rings is 3. The number of thioether (sulfide) groups is 1. The first kappa shape index (κ1) is 38.2. The monoisotopic (exact) mass is 741 g/mol. The van der Waals surface area contributed by atoms with Crippen LogP contribution in [0.5, 0.6) is 11.5 Å². The molecule has 1 aliphatic carbocycles. The number of rotatable bonds is 14. The molecule has 0 radical (unpaired) electrons. The summed E-state index contributed by atoms with van der Waals surface area (Å²) in [5.41, 5.74) is 2.94. The molecule has 52 heavy (non-hydrogen) atoms. The minimum atomic E-state index is -0.548. The molecule has 0 fully saturated rings. The average molecular weight is 742 g/mol. The summed E-state index contributed by atoms with van der Waals surface area (Å²) in [5.74, 6) is -0.124. The minimum absolute atomic E-state index is 0.00962. The third-order valence-corrected chi connectivity index (χ3v) is 11.0. The highest BCUT2D eigenvalue weighted by molar-refractivity contribution is 8.00. The van der Waals surface area contributed by atoms with Gasteiger partial charge in [-0.1, -0.05) is 44.2 Å². The van der Waals surface area contributed by atoms with E-state index in [4.69, 9.17) is 14.2 Å². The van der Waals surface area contributed by atoms with Gasteiger partial charge in [0.2, 0.25) is 5.91 Å². The predicted octanol–water partition coefficient (Wildman–Crippen LogP) is 7.99. The lowest BCUT2D eigenvalue weighted by Gasteiger charge is -2.18. The molecule has 1 aromatic heterocycles. The van der Waals surface area contributed by atoms with Crippen LogP contribution >= 0.6 is 23.1 Å². The van der Waals surface area contributed by atoms with E-state index in [0.717, 1.165) is 34.6 Å². The highest BCUT2D eigenvalue weighted by Gasteiger charge is 2.30. The zero-order chi connectivity index (χ0) is 37.2. The van der Waals surface area contributed by atoms with Crippen molar-refractivity contribution < 1.29 is 33.4 Å². The smallest absolute Gasteiger partial charge is 0.341 e. The molecule has 272 valence electrons. The molecule has 1 heterocycles. The van der Waals surface area contributed by atoms with E-state index in [1.54, 1.807) is 79.7 Å². The maximum atomic E-state index is 13.7. The van der Waals surface area contributed by atoms with Crippen LogP contribution in [-0.4, -0.2) is 49.8 Å². The van der Waals surface area contributed by atoms with Crippen LogP contribution < -0.4 is 25.4 Å². The molecule has 2 atom stereocenters. The first-order chi connectivity index (χ1) is 25.1. The maximum Gasteiger partial charge on any atom is 0.341 e. The molecule has 0 saturated carbocycles. The SMILES string of the molecule is CCOC(=O)c1c(NC(=O)C(CC)Sc2cccc(NC(=O)/C(=C\c3ccc(OC)c(OC)c3)NC(=O)c3ccccc3)c2)sc2c1CCC(C)C2. The molecular weight excluding hydrogens is 699 g/mol. The number of esters is 1. The van der Waals surface area contributed by atoms with Crippen LogP contribution in [0.4, 0.5) is 10.7 Å². The van der Waals surface area contributed by atoms with Crippen LogP contribution in [0.1, 0.15) is 70.3 Å². The van der Waals surface area contributed by atoms with Crippen LogP contribution in [0, 0.1) is 5.92 Å². The summed E-state index contributed by atoms with van der Waals surface area (Å²) >= 11 is 2.82. The van der Waals surface area contributed by atoms with Gasteiger partial charge in [-0.2, -0.15) is 0 Å². The molecule has 1 aliphatic rings. The molecule has 5 rings (SSSR count). The number of nitrogens with one attached hydrogen (secondary N) is 3. The van der Waals surface area contributed by atoms with E-state index in [1.165, 1.54) is 37.3 Å². The second-order valence-corrected chi connectivity index (χ2v) is 14.6. The molecule has 4 aromatic rings. The number of hydrogen-bond acceptors (Lipinski definition) is 9. The number of anilines is 2. The summed E-state index contributed by atoms with van der Waals surface area (Å²) in [4.78, 5) is 55.5. The van der Waals surface area contributed by atoms with E-state index in [0.29, 0.717) is 51.2 Å². The second kappa shape index (κ2) is 17.9. The van der Waals surface area contributed by atoms with E-state index >= 15 is 0 Å². The first-order valence-corrected chi connectivity index (χ1v) is 18.8. The molecule has 0 bridgehead atoms. The molecule has 10 nitrogen and oxygen atoms in total. The van der Waals surface area contributed by atoms with Gasteiger partial charge < -0.3 is 30.2 Å². The number of ether oxygens (including phenoxy) is 3. The number of carbonyl (C=O) groups excluding carboxylic acids is 4. The number of amides is 3. The van der Waals surface area contributed by atoms with Gasteiger partial charge in [0.25, 0.3) is 11.8 Å². The molecular formula is C40H43N3O7S2.